The second kappa shape index (κ2) is 6.93. The van der Waals surface area contributed by atoms with Crippen LogP contribution in [-0.4, -0.2) is 9.81 Å². The number of hydrogen-bond donors (Lipinski definition) is 0. The number of nitrogens with zero attached hydrogens (tertiary/aromatic N) is 1. The molecular weight excluding hydrogens is 290 g/mol. The van der Waals surface area contributed by atoms with Crippen LogP contribution >= 0.6 is 15.9 Å². The number of halogens is 1. The van der Waals surface area contributed by atoms with E-state index in [2.05, 4.69) is 27.8 Å². The second-order valence-corrected chi connectivity index (χ2v) is 6.02. The fourth-order valence-electron chi connectivity index (χ4n) is 2.09. The van der Waals surface area contributed by atoms with Gasteiger partial charge in [0.2, 0.25) is 0 Å². The zero-order valence-corrected chi connectivity index (χ0v) is 12.4. The standard InChI is InChI=1S/C15H20BrNO/c1-2-3-4-5-8-12(16)11-15-17-13-9-6-7-10-14(13)18-15/h6-7,9-10,12H,2-5,8,11H2,1H3. The number of hydrogen-bond acceptors (Lipinski definition) is 2. The van der Waals surface area contributed by atoms with Crippen molar-refractivity contribution in [1.82, 2.24) is 4.98 Å². The highest BCUT2D eigenvalue weighted by molar-refractivity contribution is 9.09. The largest absolute Gasteiger partial charge is 0.441 e. The Morgan fingerprint density at radius 1 is 1.22 bits per heavy atom. The summed E-state index contributed by atoms with van der Waals surface area (Å²) in [6.45, 7) is 2.24. The van der Waals surface area contributed by atoms with Crippen molar-refractivity contribution in [2.45, 2.75) is 50.3 Å². The third-order valence-corrected chi connectivity index (χ3v) is 3.89. The lowest BCUT2D eigenvalue weighted by molar-refractivity contribution is 0.512. The number of rotatable bonds is 7. The number of para-hydroxylation sites is 2. The molecule has 18 heavy (non-hydrogen) atoms. The molecule has 0 aliphatic rings. The number of aromatic nitrogens is 1. The van der Waals surface area contributed by atoms with E-state index in [0.717, 1.165) is 23.4 Å². The molecule has 0 spiro atoms. The van der Waals surface area contributed by atoms with Gasteiger partial charge in [0.05, 0.1) is 0 Å². The van der Waals surface area contributed by atoms with Crippen LogP contribution < -0.4 is 0 Å². The highest BCUT2D eigenvalue weighted by atomic mass is 79.9. The summed E-state index contributed by atoms with van der Waals surface area (Å²) in [6, 6.07) is 7.93. The SMILES string of the molecule is CCCCCCC(Br)Cc1nc2ccccc2o1. The van der Waals surface area contributed by atoms with Gasteiger partial charge in [0.25, 0.3) is 0 Å². The van der Waals surface area contributed by atoms with E-state index in [4.69, 9.17) is 4.42 Å². The molecule has 0 radical (unpaired) electrons. The van der Waals surface area contributed by atoms with Crippen LogP contribution in [0, 0.1) is 0 Å². The molecule has 98 valence electrons. The fourth-order valence-corrected chi connectivity index (χ4v) is 2.69. The molecular formula is C15H20BrNO. The Hall–Kier alpha value is -0.830. The van der Waals surface area contributed by atoms with Crippen molar-refractivity contribution in [3.8, 4) is 0 Å². The minimum absolute atomic E-state index is 0.474. The normalized spacial score (nSPS) is 13.0. The molecule has 0 aliphatic heterocycles. The Kier molecular flexibility index (Phi) is 5.24. The van der Waals surface area contributed by atoms with Crippen LogP contribution in [0.15, 0.2) is 28.7 Å². The predicted octanol–water partition coefficient (Wildman–Crippen LogP) is 5.10. The van der Waals surface area contributed by atoms with Crippen LogP contribution in [-0.2, 0) is 6.42 Å². The van der Waals surface area contributed by atoms with Crippen molar-refractivity contribution < 1.29 is 4.42 Å². The lowest BCUT2D eigenvalue weighted by atomic mass is 10.1. The number of unbranched alkanes of at least 4 members (excludes halogenated alkanes) is 3. The van der Waals surface area contributed by atoms with Crippen molar-refractivity contribution in [2.24, 2.45) is 0 Å². The van der Waals surface area contributed by atoms with Crippen LogP contribution in [0.25, 0.3) is 11.1 Å². The van der Waals surface area contributed by atoms with Crippen LogP contribution in [0.5, 0.6) is 0 Å². The molecule has 1 atom stereocenters. The Bertz CT molecular complexity index is 447. The molecule has 2 nitrogen and oxygen atoms in total. The number of oxazole rings is 1. The Balaban J connectivity index is 1.84. The lowest BCUT2D eigenvalue weighted by Crippen LogP contribution is -2.02. The van der Waals surface area contributed by atoms with Crippen LogP contribution in [0.1, 0.15) is 44.9 Å². The molecule has 1 aromatic carbocycles. The third-order valence-electron chi connectivity index (χ3n) is 3.11. The maximum absolute atomic E-state index is 5.73. The van der Waals surface area contributed by atoms with Crippen molar-refractivity contribution in [3.05, 3.63) is 30.2 Å². The topological polar surface area (TPSA) is 26.0 Å². The second-order valence-electron chi connectivity index (χ2n) is 4.73. The summed E-state index contributed by atoms with van der Waals surface area (Å²) in [5, 5.41) is 0. The van der Waals surface area contributed by atoms with Crippen molar-refractivity contribution in [1.29, 1.82) is 0 Å². The predicted molar refractivity (Wildman–Crippen MR) is 79.2 cm³/mol. The molecule has 1 heterocycles. The van der Waals surface area contributed by atoms with Crippen molar-refractivity contribution >= 4 is 27.0 Å². The van der Waals surface area contributed by atoms with Crippen LogP contribution in [0.2, 0.25) is 0 Å². The molecule has 3 heteroatoms. The molecule has 2 aromatic rings. The van der Waals surface area contributed by atoms with E-state index >= 15 is 0 Å². The first-order valence-corrected chi connectivity index (χ1v) is 7.69. The fraction of sp³-hybridized carbons (Fsp3) is 0.533. The molecule has 0 amide bonds. The molecule has 0 saturated heterocycles. The summed E-state index contributed by atoms with van der Waals surface area (Å²) >= 11 is 3.72. The zero-order valence-electron chi connectivity index (χ0n) is 10.9. The summed E-state index contributed by atoms with van der Waals surface area (Å²) in [5.41, 5.74) is 1.84. The van der Waals surface area contributed by atoms with E-state index in [1.165, 1.54) is 32.1 Å². The molecule has 0 bridgehead atoms. The monoisotopic (exact) mass is 309 g/mol. The third kappa shape index (κ3) is 3.84. The lowest BCUT2D eigenvalue weighted by Gasteiger charge is -2.06. The first-order chi connectivity index (χ1) is 8.79. The number of benzene rings is 1. The highest BCUT2D eigenvalue weighted by Gasteiger charge is 2.11. The average Bonchev–Trinajstić information content (AvgIpc) is 2.76. The number of alkyl halides is 1. The quantitative estimate of drug-likeness (QED) is 0.525. The van der Waals surface area contributed by atoms with Gasteiger partial charge < -0.3 is 4.42 Å². The summed E-state index contributed by atoms with van der Waals surface area (Å²) in [6.07, 6.45) is 7.30. The molecule has 0 saturated carbocycles. The van der Waals surface area contributed by atoms with Gasteiger partial charge in [0, 0.05) is 11.2 Å². The first kappa shape index (κ1) is 13.6. The number of fused-ring (bicyclic) bond motifs is 1. The van der Waals surface area contributed by atoms with Crippen molar-refractivity contribution in [3.63, 3.8) is 0 Å². The van der Waals surface area contributed by atoms with Gasteiger partial charge >= 0.3 is 0 Å². The van der Waals surface area contributed by atoms with Crippen molar-refractivity contribution in [2.75, 3.05) is 0 Å². The van der Waals surface area contributed by atoms with E-state index in [1.54, 1.807) is 0 Å². The highest BCUT2D eigenvalue weighted by Crippen LogP contribution is 2.20. The van der Waals surface area contributed by atoms with E-state index < -0.39 is 0 Å². The molecule has 0 N–H and O–H groups in total. The maximum Gasteiger partial charge on any atom is 0.196 e. The molecule has 1 aromatic heterocycles. The minimum atomic E-state index is 0.474. The Morgan fingerprint density at radius 2 is 2.06 bits per heavy atom. The van der Waals surface area contributed by atoms with Gasteiger partial charge in [-0.05, 0) is 18.6 Å². The van der Waals surface area contributed by atoms with Gasteiger partial charge in [0.1, 0.15) is 5.52 Å². The van der Waals surface area contributed by atoms with E-state index in [9.17, 15) is 0 Å². The summed E-state index contributed by atoms with van der Waals surface area (Å²) in [7, 11) is 0. The zero-order chi connectivity index (χ0) is 12.8. The Labute approximate surface area is 117 Å². The van der Waals surface area contributed by atoms with Gasteiger partial charge in [-0.2, -0.15) is 0 Å². The van der Waals surface area contributed by atoms with Gasteiger partial charge in [-0.15, -0.1) is 0 Å². The molecule has 2 rings (SSSR count). The summed E-state index contributed by atoms with van der Waals surface area (Å²) in [4.78, 5) is 4.97. The van der Waals surface area contributed by atoms with Crippen LogP contribution in [0.4, 0.5) is 0 Å². The van der Waals surface area contributed by atoms with Gasteiger partial charge in [0.15, 0.2) is 11.5 Å². The summed E-state index contributed by atoms with van der Waals surface area (Å²) < 4.78 is 5.73. The van der Waals surface area contributed by atoms with Gasteiger partial charge in [-0.25, -0.2) is 4.98 Å². The van der Waals surface area contributed by atoms with E-state index in [1.807, 2.05) is 24.3 Å². The maximum atomic E-state index is 5.73. The smallest absolute Gasteiger partial charge is 0.196 e. The van der Waals surface area contributed by atoms with E-state index in [0.29, 0.717) is 4.83 Å². The Morgan fingerprint density at radius 3 is 2.83 bits per heavy atom. The molecule has 0 fully saturated rings. The van der Waals surface area contributed by atoms with Gasteiger partial charge in [-0.1, -0.05) is 60.7 Å². The first-order valence-electron chi connectivity index (χ1n) is 6.78. The van der Waals surface area contributed by atoms with E-state index in [-0.39, 0.29) is 0 Å². The summed E-state index contributed by atoms with van der Waals surface area (Å²) in [5.74, 6) is 0.841. The van der Waals surface area contributed by atoms with Crippen LogP contribution in [0.3, 0.4) is 0 Å². The van der Waals surface area contributed by atoms with Gasteiger partial charge in [-0.3, -0.25) is 0 Å². The average molecular weight is 310 g/mol. The molecule has 1 unspecified atom stereocenters. The minimum Gasteiger partial charge on any atom is -0.441 e. The molecule has 0 aliphatic carbocycles.